The average molecular weight is 1000 g/mol. The maximum atomic E-state index is 12.5. The third-order valence-electron chi connectivity index (χ3n) is 15.3. The molecule has 0 bridgehead atoms. The van der Waals surface area contributed by atoms with E-state index in [1.165, 1.54) is 289 Å². The van der Waals surface area contributed by atoms with Crippen LogP contribution in [0.4, 0.5) is 0 Å². The van der Waals surface area contributed by atoms with E-state index in [9.17, 15) is 19.8 Å². The lowest BCUT2D eigenvalue weighted by Gasteiger charge is -2.22. The summed E-state index contributed by atoms with van der Waals surface area (Å²) in [5.41, 5.74) is 0. The molecule has 0 aliphatic rings. The second kappa shape index (κ2) is 61.1. The van der Waals surface area contributed by atoms with Crippen molar-refractivity contribution in [3.05, 3.63) is 12.2 Å². The van der Waals surface area contributed by atoms with E-state index in [-0.39, 0.29) is 18.5 Å². The summed E-state index contributed by atoms with van der Waals surface area (Å²) in [7, 11) is 0. The standard InChI is InChI=1S/C65H127NO5/c1-3-5-7-9-11-13-15-17-19-21-23-27-31-35-39-43-47-51-55-59-65(70)71-60-56-52-48-44-40-36-32-28-24-26-30-34-38-42-46-50-54-58-64(69)66-62(61-67)63(68)57-53-49-45-41-37-33-29-25-22-20-18-16-14-12-10-8-6-4-2/h17,19,62-63,67-68H,3-16,18,20-61H2,1-2H3,(H,66,69)/b19-17-. The highest BCUT2D eigenvalue weighted by Gasteiger charge is 2.20. The number of esters is 1. The van der Waals surface area contributed by atoms with E-state index in [0.29, 0.717) is 25.9 Å². The van der Waals surface area contributed by atoms with Gasteiger partial charge in [0.25, 0.3) is 0 Å². The van der Waals surface area contributed by atoms with Gasteiger partial charge in [-0.15, -0.1) is 0 Å². The Hall–Kier alpha value is -1.40. The van der Waals surface area contributed by atoms with Gasteiger partial charge in [0.1, 0.15) is 0 Å². The van der Waals surface area contributed by atoms with Gasteiger partial charge in [-0.3, -0.25) is 9.59 Å². The first-order chi connectivity index (χ1) is 35.0. The molecule has 0 radical (unpaired) electrons. The van der Waals surface area contributed by atoms with Gasteiger partial charge in [-0.2, -0.15) is 0 Å². The molecule has 6 heteroatoms. The van der Waals surface area contributed by atoms with Crippen LogP contribution in [0.3, 0.4) is 0 Å². The highest BCUT2D eigenvalue weighted by molar-refractivity contribution is 5.76. The van der Waals surface area contributed by atoms with Crippen LogP contribution in [-0.4, -0.2) is 47.4 Å². The third kappa shape index (κ3) is 57.7. The topological polar surface area (TPSA) is 95.9 Å². The van der Waals surface area contributed by atoms with Crippen molar-refractivity contribution in [2.24, 2.45) is 0 Å². The van der Waals surface area contributed by atoms with Crippen LogP contribution in [0.15, 0.2) is 12.2 Å². The monoisotopic (exact) mass is 1000 g/mol. The predicted molar refractivity (Wildman–Crippen MR) is 310 cm³/mol. The molecule has 0 saturated heterocycles. The SMILES string of the molecule is CCCCCCCC/C=C\CCCCCCCCCCCC(=O)OCCCCCCCCCCCCCCCCCCCC(=O)NC(CO)C(O)CCCCCCCCCCCCCCCCCCCC. The maximum Gasteiger partial charge on any atom is 0.305 e. The molecule has 0 saturated carbocycles. The molecule has 0 heterocycles. The van der Waals surface area contributed by atoms with Gasteiger partial charge < -0.3 is 20.3 Å². The first-order valence-electron chi connectivity index (χ1n) is 32.4. The minimum Gasteiger partial charge on any atom is -0.466 e. The molecule has 2 atom stereocenters. The molecule has 71 heavy (non-hydrogen) atoms. The Balaban J connectivity index is 3.39. The first kappa shape index (κ1) is 69.6. The second-order valence-corrected chi connectivity index (χ2v) is 22.5. The predicted octanol–water partition coefficient (Wildman–Crippen LogP) is 20.4. The lowest BCUT2D eigenvalue weighted by Crippen LogP contribution is -2.45. The van der Waals surface area contributed by atoms with Crippen LogP contribution in [0.25, 0.3) is 0 Å². The fourth-order valence-electron chi connectivity index (χ4n) is 10.3. The molecule has 0 aliphatic carbocycles. The Bertz CT molecular complexity index is 1060. The van der Waals surface area contributed by atoms with Gasteiger partial charge in [0.15, 0.2) is 0 Å². The zero-order chi connectivity index (χ0) is 51.4. The molecular formula is C65H127NO5. The number of carbonyl (C=O) groups excluding carboxylic acids is 2. The van der Waals surface area contributed by atoms with Gasteiger partial charge in [-0.25, -0.2) is 0 Å². The minimum absolute atomic E-state index is 0.00614. The van der Waals surface area contributed by atoms with Gasteiger partial charge in [0.2, 0.25) is 5.91 Å². The second-order valence-electron chi connectivity index (χ2n) is 22.5. The molecule has 0 rings (SSSR count). The first-order valence-corrected chi connectivity index (χ1v) is 32.4. The number of allylic oxidation sites excluding steroid dienone is 2. The number of rotatable bonds is 61. The molecule has 0 aliphatic heterocycles. The van der Waals surface area contributed by atoms with Crippen LogP contribution < -0.4 is 5.32 Å². The molecule has 2 unspecified atom stereocenters. The summed E-state index contributed by atoms with van der Waals surface area (Å²) < 4.78 is 5.50. The van der Waals surface area contributed by atoms with E-state index in [4.69, 9.17) is 4.74 Å². The van der Waals surface area contributed by atoms with Crippen LogP contribution >= 0.6 is 0 Å². The molecule has 0 fully saturated rings. The van der Waals surface area contributed by atoms with Gasteiger partial charge in [0.05, 0.1) is 25.4 Å². The Morgan fingerprint density at radius 1 is 0.380 bits per heavy atom. The number of hydrogen-bond donors (Lipinski definition) is 3. The zero-order valence-electron chi connectivity index (χ0n) is 48.2. The minimum atomic E-state index is -0.668. The number of aliphatic hydroxyl groups is 2. The van der Waals surface area contributed by atoms with Crippen molar-refractivity contribution in [1.82, 2.24) is 5.32 Å². The van der Waals surface area contributed by atoms with Crippen molar-refractivity contribution in [1.29, 1.82) is 0 Å². The smallest absolute Gasteiger partial charge is 0.305 e. The lowest BCUT2D eigenvalue weighted by molar-refractivity contribution is -0.143. The van der Waals surface area contributed by atoms with Gasteiger partial charge in [-0.1, -0.05) is 315 Å². The molecule has 3 N–H and O–H groups in total. The lowest BCUT2D eigenvalue weighted by atomic mass is 10.0. The van der Waals surface area contributed by atoms with Crippen LogP contribution in [0.2, 0.25) is 0 Å². The number of unbranched alkanes of at least 4 members (excludes halogenated alkanes) is 48. The van der Waals surface area contributed by atoms with Crippen molar-refractivity contribution in [3.63, 3.8) is 0 Å². The Morgan fingerprint density at radius 2 is 0.662 bits per heavy atom. The summed E-state index contributed by atoms with van der Waals surface area (Å²) in [5, 5.41) is 23.4. The quantitative estimate of drug-likeness (QED) is 0.0320. The number of hydrogen-bond acceptors (Lipinski definition) is 5. The van der Waals surface area contributed by atoms with Crippen molar-refractivity contribution < 1.29 is 24.5 Å². The van der Waals surface area contributed by atoms with Gasteiger partial charge >= 0.3 is 5.97 Å². The highest BCUT2D eigenvalue weighted by Crippen LogP contribution is 2.18. The Labute approximate surface area is 444 Å². The van der Waals surface area contributed by atoms with Gasteiger partial charge in [-0.05, 0) is 51.4 Å². The number of amides is 1. The molecule has 0 spiro atoms. The number of aliphatic hydroxyl groups excluding tert-OH is 2. The molecule has 1 amide bonds. The highest BCUT2D eigenvalue weighted by atomic mass is 16.5. The van der Waals surface area contributed by atoms with E-state index in [0.717, 1.165) is 44.9 Å². The molecule has 0 aromatic rings. The molecule has 6 nitrogen and oxygen atoms in total. The van der Waals surface area contributed by atoms with E-state index < -0.39 is 12.1 Å². The van der Waals surface area contributed by atoms with Crippen molar-refractivity contribution in [3.8, 4) is 0 Å². The Morgan fingerprint density at radius 3 is 1.00 bits per heavy atom. The summed E-state index contributed by atoms with van der Waals surface area (Å²) >= 11 is 0. The summed E-state index contributed by atoms with van der Waals surface area (Å²) in [4.78, 5) is 24.6. The van der Waals surface area contributed by atoms with Crippen LogP contribution in [0.5, 0.6) is 0 Å². The summed E-state index contributed by atoms with van der Waals surface area (Å²) in [6, 6.07) is -0.545. The molecular weight excluding hydrogens is 875 g/mol. The van der Waals surface area contributed by atoms with Crippen LogP contribution in [-0.2, 0) is 14.3 Å². The van der Waals surface area contributed by atoms with Gasteiger partial charge in [0, 0.05) is 12.8 Å². The largest absolute Gasteiger partial charge is 0.466 e. The van der Waals surface area contributed by atoms with Crippen LogP contribution in [0.1, 0.15) is 367 Å². The number of carbonyl (C=O) groups is 2. The summed E-state index contributed by atoms with van der Waals surface area (Å²) in [5.74, 6) is -0.0304. The summed E-state index contributed by atoms with van der Waals surface area (Å²) in [6.07, 6.45) is 73.6. The van der Waals surface area contributed by atoms with E-state index in [1.54, 1.807) is 0 Å². The third-order valence-corrected chi connectivity index (χ3v) is 15.3. The van der Waals surface area contributed by atoms with E-state index in [2.05, 4.69) is 31.3 Å². The van der Waals surface area contributed by atoms with Crippen molar-refractivity contribution >= 4 is 11.9 Å². The zero-order valence-corrected chi connectivity index (χ0v) is 48.2. The summed E-state index contributed by atoms with van der Waals surface area (Å²) in [6.45, 7) is 4.97. The number of nitrogens with one attached hydrogen (secondary N) is 1. The average Bonchev–Trinajstić information content (AvgIpc) is 3.37. The fraction of sp³-hybridized carbons (Fsp3) is 0.938. The fourth-order valence-corrected chi connectivity index (χ4v) is 10.3. The Kier molecular flexibility index (Phi) is 59.9. The maximum absolute atomic E-state index is 12.5. The molecule has 0 aromatic carbocycles. The van der Waals surface area contributed by atoms with E-state index in [1.807, 2.05) is 0 Å². The number of ether oxygens (including phenoxy) is 1. The van der Waals surface area contributed by atoms with Crippen molar-refractivity contribution in [2.75, 3.05) is 13.2 Å². The molecule has 422 valence electrons. The van der Waals surface area contributed by atoms with Crippen molar-refractivity contribution in [2.45, 2.75) is 379 Å². The normalized spacial score (nSPS) is 12.6. The van der Waals surface area contributed by atoms with E-state index >= 15 is 0 Å². The molecule has 0 aromatic heterocycles. The van der Waals surface area contributed by atoms with Crippen LogP contribution in [0, 0.1) is 0 Å².